The zero-order valence-corrected chi connectivity index (χ0v) is 32.3. The van der Waals surface area contributed by atoms with Crippen molar-refractivity contribution in [3.8, 4) is 23.0 Å². The van der Waals surface area contributed by atoms with Gasteiger partial charge in [0.25, 0.3) is 5.56 Å². The monoisotopic (exact) mass is 836 g/mol. The van der Waals surface area contributed by atoms with Gasteiger partial charge in [-0.05, 0) is 116 Å². The van der Waals surface area contributed by atoms with Gasteiger partial charge in [-0.15, -0.1) is 0 Å². The van der Waals surface area contributed by atoms with E-state index in [1.165, 1.54) is 15.9 Å². The van der Waals surface area contributed by atoms with Gasteiger partial charge in [0.15, 0.2) is 27.8 Å². The number of carbonyl (C=O) groups is 1. The van der Waals surface area contributed by atoms with Crippen molar-refractivity contribution in [1.82, 2.24) is 4.57 Å². The molecule has 258 valence electrons. The molecule has 0 bridgehead atoms. The number of hydrogen-bond donors (Lipinski definition) is 0. The van der Waals surface area contributed by atoms with Crippen molar-refractivity contribution < 1.29 is 28.5 Å². The second kappa shape index (κ2) is 16.0. The molecule has 0 N–H and O–H groups in total. The van der Waals surface area contributed by atoms with E-state index in [1.54, 1.807) is 51.3 Å². The molecule has 1 aliphatic rings. The van der Waals surface area contributed by atoms with Gasteiger partial charge in [0, 0.05) is 0 Å². The third-order valence-corrected chi connectivity index (χ3v) is 9.90. The van der Waals surface area contributed by atoms with Gasteiger partial charge in [-0.2, -0.15) is 0 Å². The summed E-state index contributed by atoms with van der Waals surface area (Å²) in [7, 11) is 1.55. The van der Waals surface area contributed by atoms with E-state index >= 15 is 0 Å². The number of benzene rings is 3. The summed E-state index contributed by atoms with van der Waals surface area (Å²) in [5, 5.41) is 0.916. The van der Waals surface area contributed by atoms with Crippen LogP contribution in [0.5, 0.6) is 23.0 Å². The molecule has 1 atom stereocenters. The largest absolute Gasteiger partial charge is 0.493 e. The molecule has 3 aromatic carbocycles. The Morgan fingerprint density at radius 2 is 1.80 bits per heavy atom. The van der Waals surface area contributed by atoms with Gasteiger partial charge in [-0.25, -0.2) is 9.79 Å². The van der Waals surface area contributed by atoms with Crippen LogP contribution >= 0.6 is 57.1 Å². The van der Waals surface area contributed by atoms with Gasteiger partial charge in [-0.3, -0.25) is 9.36 Å². The number of allylic oxidation sites excluding steroid dienone is 1. The summed E-state index contributed by atoms with van der Waals surface area (Å²) >= 11 is 15.7. The summed E-state index contributed by atoms with van der Waals surface area (Å²) in [5.41, 5.74) is 2.66. The number of rotatable bonds is 12. The number of nitrogens with zero attached hydrogens (tertiary/aromatic N) is 2. The van der Waals surface area contributed by atoms with Crippen LogP contribution < -0.4 is 33.8 Å². The van der Waals surface area contributed by atoms with E-state index in [4.69, 9.17) is 51.9 Å². The molecule has 1 aliphatic heterocycles. The number of halogens is 3. The van der Waals surface area contributed by atoms with Crippen LogP contribution in [0.25, 0.3) is 6.08 Å². The Morgan fingerprint density at radius 1 is 1.02 bits per heavy atom. The maximum absolute atomic E-state index is 14.2. The van der Waals surface area contributed by atoms with Gasteiger partial charge in [0.05, 0.1) is 61.9 Å². The number of fused-ring (bicyclic) bond motifs is 1. The number of ether oxygens (including phenoxy) is 5. The minimum atomic E-state index is -0.810. The highest BCUT2D eigenvalue weighted by Gasteiger charge is 2.34. The third kappa shape index (κ3) is 8.11. The molecule has 5 rings (SSSR count). The summed E-state index contributed by atoms with van der Waals surface area (Å²) in [4.78, 5) is 32.8. The van der Waals surface area contributed by atoms with Crippen molar-refractivity contribution >= 4 is 69.2 Å². The van der Waals surface area contributed by atoms with Gasteiger partial charge < -0.3 is 23.7 Å². The molecule has 0 saturated heterocycles. The Bertz CT molecular complexity index is 2110. The second-order valence-electron chi connectivity index (χ2n) is 11.2. The predicted molar refractivity (Wildman–Crippen MR) is 200 cm³/mol. The van der Waals surface area contributed by atoms with Crippen molar-refractivity contribution in [2.24, 2.45) is 4.99 Å². The number of thiazole rings is 1. The molecule has 0 radical (unpaired) electrons. The van der Waals surface area contributed by atoms with Crippen LogP contribution in [-0.2, 0) is 16.1 Å². The van der Waals surface area contributed by atoms with Gasteiger partial charge in [0.1, 0.15) is 6.61 Å². The molecule has 2 heterocycles. The molecule has 13 heteroatoms. The lowest BCUT2D eigenvalue weighted by atomic mass is 9.95. The van der Waals surface area contributed by atoms with Crippen LogP contribution in [0.3, 0.4) is 0 Å². The minimum Gasteiger partial charge on any atom is -0.493 e. The van der Waals surface area contributed by atoms with Crippen molar-refractivity contribution in [2.75, 3.05) is 20.3 Å². The Labute approximate surface area is 311 Å². The molecule has 0 aliphatic carbocycles. The Hall–Kier alpha value is -3.52. The molecule has 0 spiro atoms. The number of esters is 1. The second-order valence-corrected chi connectivity index (χ2v) is 14.2. The van der Waals surface area contributed by atoms with Crippen LogP contribution in [0.15, 0.2) is 69.6 Å². The lowest BCUT2D eigenvalue weighted by molar-refractivity contribution is -0.139. The Balaban J connectivity index is 1.60. The maximum atomic E-state index is 14.2. The predicted octanol–water partition coefficient (Wildman–Crippen LogP) is 7.48. The van der Waals surface area contributed by atoms with Gasteiger partial charge >= 0.3 is 5.97 Å². The zero-order chi connectivity index (χ0) is 35.4. The van der Waals surface area contributed by atoms with Crippen LogP contribution in [0, 0.1) is 3.57 Å². The molecule has 49 heavy (non-hydrogen) atoms. The number of aromatic nitrogens is 1. The fraction of sp³-hybridized carbons (Fsp3) is 0.306. The fourth-order valence-corrected chi connectivity index (χ4v) is 7.47. The summed E-state index contributed by atoms with van der Waals surface area (Å²) < 4.78 is 31.9. The first-order chi connectivity index (χ1) is 23.4. The number of hydrogen-bond acceptors (Lipinski definition) is 9. The van der Waals surface area contributed by atoms with Crippen molar-refractivity contribution in [1.29, 1.82) is 0 Å². The first-order valence-electron chi connectivity index (χ1n) is 15.5. The average molecular weight is 838 g/mol. The molecular weight excluding hydrogens is 802 g/mol. The fourth-order valence-electron chi connectivity index (χ4n) is 5.32. The van der Waals surface area contributed by atoms with E-state index in [0.29, 0.717) is 60.2 Å². The summed E-state index contributed by atoms with van der Waals surface area (Å²) in [6.45, 7) is 10.1. The maximum Gasteiger partial charge on any atom is 0.338 e. The molecule has 1 aromatic heterocycles. The topological polar surface area (TPSA) is 97.6 Å². The van der Waals surface area contributed by atoms with Crippen LogP contribution in [-0.4, -0.2) is 37.0 Å². The normalized spacial score (nSPS) is 14.4. The average Bonchev–Trinajstić information content (AvgIpc) is 3.35. The zero-order valence-electron chi connectivity index (χ0n) is 27.8. The Morgan fingerprint density at radius 3 is 2.47 bits per heavy atom. The van der Waals surface area contributed by atoms with Crippen molar-refractivity contribution in [2.45, 2.75) is 53.4 Å². The Kier molecular flexibility index (Phi) is 12.0. The van der Waals surface area contributed by atoms with Gasteiger partial charge in [-0.1, -0.05) is 46.7 Å². The summed E-state index contributed by atoms with van der Waals surface area (Å²) in [6.07, 6.45) is 1.71. The van der Waals surface area contributed by atoms with E-state index in [2.05, 4.69) is 22.6 Å². The molecule has 0 unspecified atom stereocenters. The third-order valence-electron chi connectivity index (χ3n) is 7.38. The molecule has 0 amide bonds. The number of methoxy groups -OCH3 is 1. The first-order valence-corrected chi connectivity index (χ1v) is 18.2. The molecular formula is C36H35Cl2IN2O7S. The smallest absolute Gasteiger partial charge is 0.338 e. The standard InChI is InChI=1S/C36H35Cl2IN2O7S/c1-7-45-29-15-22(14-26(39)33(29)47-18-21-9-11-24(37)25(38)13-21)16-30-34(42)41-32(23-10-12-27(48-19(3)4)28(17-23)44-6)31(35(43)46-8-2)20(5)40-36(41)49-30/h9-17,19,32H,7-8,18H2,1-6H3/b30-16+/t32-/m0/s1. The summed E-state index contributed by atoms with van der Waals surface area (Å²) in [6, 6.07) is 13.7. The first kappa shape index (κ1) is 36.8. The molecule has 9 nitrogen and oxygen atoms in total. The van der Waals surface area contributed by atoms with Gasteiger partial charge in [0.2, 0.25) is 0 Å². The summed E-state index contributed by atoms with van der Waals surface area (Å²) in [5.74, 6) is 1.59. The minimum absolute atomic E-state index is 0.0795. The van der Waals surface area contributed by atoms with Crippen LogP contribution in [0.2, 0.25) is 10.0 Å². The van der Waals surface area contributed by atoms with Crippen LogP contribution in [0.1, 0.15) is 57.4 Å². The molecule has 0 fully saturated rings. The highest BCUT2D eigenvalue weighted by atomic mass is 127. The highest BCUT2D eigenvalue weighted by Crippen LogP contribution is 2.38. The highest BCUT2D eigenvalue weighted by molar-refractivity contribution is 14.1. The molecule has 0 saturated carbocycles. The van der Waals surface area contributed by atoms with Crippen molar-refractivity contribution in [3.63, 3.8) is 0 Å². The van der Waals surface area contributed by atoms with E-state index in [0.717, 1.165) is 14.7 Å². The van der Waals surface area contributed by atoms with Crippen molar-refractivity contribution in [3.05, 3.63) is 110 Å². The molecule has 4 aromatic rings. The quantitative estimate of drug-likeness (QED) is 0.108. The van der Waals surface area contributed by atoms with E-state index in [1.807, 2.05) is 45.0 Å². The lowest BCUT2D eigenvalue weighted by Crippen LogP contribution is -2.40. The number of carbonyl (C=O) groups excluding carboxylic acids is 1. The van der Waals surface area contributed by atoms with Crippen LogP contribution in [0.4, 0.5) is 0 Å². The van der Waals surface area contributed by atoms with E-state index < -0.39 is 12.0 Å². The van der Waals surface area contributed by atoms with E-state index in [-0.39, 0.29) is 30.5 Å². The lowest BCUT2D eigenvalue weighted by Gasteiger charge is -2.25. The van der Waals surface area contributed by atoms with E-state index in [9.17, 15) is 9.59 Å². The SMILES string of the molecule is CCOC(=O)C1=C(C)N=c2s/c(=C/c3cc(I)c(OCc4ccc(Cl)c(Cl)c4)c(OCC)c3)c(=O)n2[C@H]1c1ccc(OC(C)C)c(OC)c1.